The maximum Gasteiger partial charge on any atom is 0.352 e. The number of H-pyrrole nitrogens is 1. The highest BCUT2D eigenvalue weighted by Crippen LogP contribution is 2.19. The van der Waals surface area contributed by atoms with Gasteiger partial charge in [-0.25, -0.2) is 4.79 Å². The van der Waals surface area contributed by atoms with E-state index in [2.05, 4.69) is 11.6 Å². The first-order chi connectivity index (χ1) is 8.93. The molecule has 0 bridgehead atoms. The van der Waals surface area contributed by atoms with Gasteiger partial charge >= 0.3 is 5.97 Å². The van der Waals surface area contributed by atoms with E-state index in [0.717, 1.165) is 0 Å². The number of aromatic amines is 1. The second-order valence-electron chi connectivity index (χ2n) is 4.19. The van der Waals surface area contributed by atoms with E-state index in [0.29, 0.717) is 23.4 Å². The van der Waals surface area contributed by atoms with Crippen LogP contribution in [0.1, 0.15) is 32.1 Å². The van der Waals surface area contributed by atoms with Gasteiger partial charge in [-0.15, -0.1) is 6.58 Å². The number of aromatic carboxylic acids is 1. The average molecular weight is 266 g/mol. The molecule has 3 N–H and O–H groups in total. The van der Waals surface area contributed by atoms with Crippen LogP contribution in [0.25, 0.3) is 0 Å². The third-order valence-electron chi connectivity index (χ3n) is 2.87. The minimum atomic E-state index is -1.10. The van der Waals surface area contributed by atoms with Gasteiger partial charge in [0.1, 0.15) is 5.69 Å². The van der Waals surface area contributed by atoms with Crippen molar-refractivity contribution in [3.63, 3.8) is 0 Å². The summed E-state index contributed by atoms with van der Waals surface area (Å²) in [5.41, 5.74) is 1.27. The molecule has 19 heavy (non-hydrogen) atoms. The fourth-order valence-electron chi connectivity index (χ4n) is 2.00. The summed E-state index contributed by atoms with van der Waals surface area (Å²) >= 11 is 0. The number of aryl methyl sites for hydroxylation is 1. The predicted molar refractivity (Wildman–Crippen MR) is 70.4 cm³/mol. The number of carboxylic acids is 1. The molecular formula is C13H18N2O4. The third-order valence-corrected chi connectivity index (χ3v) is 2.87. The number of carbonyl (C=O) groups is 2. The van der Waals surface area contributed by atoms with Crippen molar-refractivity contribution in [2.45, 2.75) is 13.8 Å². The molecule has 1 aromatic heterocycles. The number of aliphatic hydroxyl groups excluding tert-OH is 1. The van der Waals surface area contributed by atoms with Crippen LogP contribution in [0.5, 0.6) is 0 Å². The Kier molecular flexibility index (Phi) is 4.88. The Bertz CT molecular complexity index is 505. The Morgan fingerprint density at radius 3 is 2.47 bits per heavy atom. The van der Waals surface area contributed by atoms with E-state index in [-0.39, 0.29) is 24.8 Å². The molecule has 0 aliphatic carbocycles. The van der Waals surface area contributed by atoms with Gasteiger partial charge in [0, 0.05) is 18.8 Å². The standard InChI is InChI=1S/C13H18N2O4/c1-4-5-15(6-7-16)12(17)10-8(2)11(13(18)19)14-9(10)3/h4,14,16H,1,5-7H2,2-3H3,(H,18,19). The molecule has 0 aliphatic rings. The number of amides is 1. The lowest BCUT2D eigenvalue weighted by Crippen LogP contribution is -2.34. The molecule has 0 aromatic carbocycles. The predicted octanol–water partition coefficient (Wildman–Crippen LogP) is 0.950. The second kappa shape index (κ2) is 6.19. The Labute approximate surface area is 111 Å². The fourth-order valence-corrected chi connectivity index (χ4v) is 2.00. The number of hydrogen-bond acceptors (Lipinski definition) is 3. The van der Waals surface area contributed by atoms with Gasteiger partial charge in [0.25, 0.3) is 5.91 Å². The quantitative estimate of drug-likeness (QED) is 0.668. The van der Waals surface area contributed by atoms with Crippen LogP contribution in [0.15, 0.2) is 12.7 Å². The van der Waals surface area contributed by atoms with Gasteiger partial charge in [-0.3, -0.25) is 4.79 Å². The first-order valence-corrected chi connectivity index (χ1v) is 5.87. The minimum absolute atomic E-state index is 0.0170. The molecule has 0 aliphatic heterocycles. The highest BCUT2D eigenvalue weighted by molar-refractivity contribution is 6.00. The molecule has 1 heterocycles. The summed E-state index contributed by atoms with van der Waals surface area (Å²) in [6, 6.07) is 0. The summed E-state index contributed by atoms with van der Waals surface area (Å²) < 4.78 is 0. The Balaban J connectivity index is 3.17. The smallest absolute Gasteiger partial charge is 0.352 e. The molecule has 6 nitrogen and oxygen atoms in total. The maximum absolute atomic E-state index is 12.4. The number of carboxylic acid groups (broad SMARTS) is 1. The fraction of sp³-hybridized carbons (Fsp3) is 0.385. The molecule has 1 aromatic rings. The Morgan fingerprint density at radius 2 is 2.05 bits per heavy atom. The molecule has 0 unspecified atom stereocenters. The van der Waals surface area contributed by atoms with Gasteiger partial charge in [0.15, 0.2) is 0 Å². The van der Waals surface area contributed by atoms with Crippen LogP contribution in [-0.2, 0) is 0 Å². The summed E-state index contributed by atoms with van der Waals surface area (Å²) in [6.07, 6.45) is 1.56. The second-order valence-corrected chi connectivity index (χ2v) is 4.19. The van der Waals surface area contributed by atoms with Crippen LogP contribution < -0.4 is 0 Å². The average Bonchev–Trinajstić information content (AvgIpc) is 2.64. The molecule has 0 spiro atoms. The summed E-state index contributed by atoms with van der Waals surface area (Å²) in [5.74, 6) is -1.41. The normalized spacial score (nSPS) is 10.3. The number of carbonyl (C=O) groups excluding carboxylic acids is 1. The molecular weight excluding hydrogens is 248 g/mol. The van der Waals surface area contributed by atoms with Crippen molar-refractivity contribution in [3.8, 4) is 0 Å². The van der Waals surface area contributed by atoms with Crippen molar-refractivity contribution >= 4 is 11.9 Å². The first kappa shape index (κ1) is 15.0. The minimum Gasteiger partial charge on any atom is -0.477 e. The highest BCUT2D eigenvalue weighted by Gasteiger charge is 2.24. The first-order valence-electron chi connectivity index (χ1n) is 5.87. The monoisotopic (exact) mass is 266 g/mol. The zero-order valence-electron chi connectivity index (χ0n) is 11.1. The molecule has 0 saturated heterocycles. The molecule has 1 amide bonds. The van der Waals surface area contributed by atoms with Crippen molar-refractivity contribution in [1.29, 1.82) is 0 Å². The Morgan fingerprint density at radius 1 is 1.42 bits per heavy atom. The van der Waals surface area contributed by atoms with Gasteiger partial charge < -0.3 is 20.1 Å². The molecule has 0 fully saturated rings. The largest absolute Gasteiger partial charge is 0.477 e. The van der Waals surface area contributed by atoms with Gasteiger partial charge in [-0.2, -0.15) is 0 Å². The van der Waals surface area contributed by atoms with Gasteiger partial charge in [0.2, 0.25) is 0 Å². The molecule has 0 atom stereocenters. The van der Waals surface area contributed by atoms with E-state index in [1.54, 1.807) is 19.9 Å². The van der Waals surface area contributed by atoms with Crippen LogP contribution in [0.3, 0.4) is 0 Å². The number of rotatable bonds is 6. The van der Waals surface area contributed by atoms with E-state index < -0.39 is 5.97 Å². The van der Waals surface area contributed by atoms with Crippen molar-refractivity contribution < 1.29 is 19.8 Å². The lowest BCUT2D eigenvalue weighted by molar-refractivity contribution is 0.0690. The van der Waals surface area contributed by atoms with Crippen LogP contribution >= 0.6 is 0 Å². The van der Waals surface area contributed by atoms with E-state index in [4.69, 9.17) is 10.2 Å². The number of hydrogen-bond donors (Lipinski definition) is 3. The molecule has 1 rings (SSSR count). The Hall–Kier alpha value is -2.08. The van der Waals surface area contributed by atoms with E-state index in [1.165, 1.54) is 4.90 Å². The lowest BCUT2D eigenvalue weighted by atomic mass is 10.1. The molecule has 0 radical (unpaired) electrons. The molecule has 6 heteroatoms. The van der Waals surface area contributed by atoms with Gasteiger partial charge in [-0.1, -0.05) is 6.08 Å². The topological polar surface area (TPSA) is 93.6 Å². The van der Waals surface area contributed by atoms with Gasteiger partial charge in [0.05, 0.1) is 12.2 Å². The lowest BCUT2D eigenvalue weighted by Gasteiger charge is -2.20. The SMILES string of the molecule is C=CCN(CCO)C(=O)c1c(C)[nH]c(C(=O)O)c1C. The number of aromatic nitrogens is 1. The summed E-state index contributed by atoms with van der Waals surface area (Å²) in [4.78, 5) is 27.5. The van der Waals surface area contributed by atoms with Gasteiger partial charge in [-0.05, 0) is 19.4 Å². The van der Waals surface area contributed by atoms with Crippen LogP contribution in [0.2, 0.25) is 0 Å². The number of aliphatic hydroxyl groups is 1. The van der Waals surface area contributed by atoms with E-state index in [9.17, 15) is 9.59 Å². The van der Waals surface area contributed by atoms with Crippen LogP contribution in [0, 0.1) is 13.8 Å². The third kappa shape index (κ3) is 3.03. The molecule has 104 valence electrons. The van der Waals surface area contributed by atoms with Crippen molar-refractivity contribution in [2.24, 2.45) is 0 Å². The zero-order valence-corrected chi connectivity index (χ0v) is 11.1. The van der Waals surface area contributed by atoms with E-state index in [1.807, 2.05) is 0 Å². The number of nitrogens with zero attached hydrogens (tertiary/aromatic N) is 1. The summed E-state index contributed by atoms with van der Waals surface area (Å²) in [6.45, 7) is 7.12. The van der Waals surface area contributed by atoms with E-state index >= 15 is 0 Å². The summed E-state index contributed by atoms with van der Waals surface area (Å²) in [7, 11) is 0. The van der Waals surface area contributed by atoms with Crippen molar-refractivity contribution in [1.82, 2.24) is 9.88 Å². The maximum atomic E-state index is 12.4. The zero-order chi connectivity index (χ0) is 14.6. The van der Waals surface area contributed by atoms with Crippen molar-refractivity contribution in [2.75, 3.05) is 19.7 Å². The number of nitrogens with one attached hydrogen (secondary N) is 1. The molecule has 0 saturated carbocycles. The van der Waals surface area contributed by atoms with Crippen LogP contribution in [-0.4, -0.2) is 51.7 Å². The van der Waals surface area contributed by atoms with Crippen LogP contribution in [0.4, 0.5) is 0 Å². The highest BCUT2D eigenvalue weighted by atomic mass is 16.4. The van der Waals surface area contributed by atoms with Crippen molar-refractivity contribution in [3.05, 3.63) is 35.2 Å². The summed E-state index contributed by atoms with van der Waals surface area (Å²) in [5, 5.41) is 18.0.